The molecule has 2 unspecified atom stereocenters. The SMILES string of the molecule is Cc1noc(NC(C)C2CCCO2)n1. The molecule has 2 heterocycles. The van der Waals surface area contributed by atoms with Crippen LogP contribution in [0.5, 0.6) is 0 Å². The molecule has 1 saturated heterocycles. The Balaban J connectivity index is 1.90. The molecule has 78 valence electrons. The molecule has 0 aromatic carbocycles. The van der Waals surface area contributed by atoms with E-state index in [4.69, 9.17) is 9.26 Å². The summed E-state index contributed by atoms with van der Waals surface area (Å²) in [6.07, 6.45) is 2.50. The maximum Gasteiger partial charge on any atom is 0.321 e. The first-order valence-electron chi connectivity index (χ1n) is 4.94. The number of rotatable bonds is 3. The number of hydrogen-bond acceptors (Lipinski definition) is 5. The maximum atomic E-state index is 5.54. The fourth-order valence-corrected chi connectivity index (χ4v) is 1.64. The first-order chi connectivity index (χ1) is 6.75. The Bertz CT molecular complexity index is 294. The lowest BCUT2D eigenvalue weighted by molar-refractivity contribution is 0.0988. The van der Waals surface area contributed by atoms with Crippen LogP contribution in [0.15, 0.2) is 4.52 Å². The van der Waals surface area contributed by atoms with Crippen molar-refractivity contribution in [2.24, 2.45) is 0 Å². The molecular formula is C9H15N3O2. The Morgan fingerprint density at radius 3 is 3.00 bits per heavy atom. The number of aryl methyl sites for hydroxylation is 1. The molecule has 0 spiro atoms. The fraction of sp³-hybridized carbons (Fsp3) is 0.778. The lowest BCUT2D eigenvalue weighted by Gasteiger charge is -2.18. The van der Waals surface area contributed by atoms with Crippen LogP contribution in [0.2, 0.25) is 0 Å². The first-order valence-corrected chi connectivity index (χ1v) is 4.94. The Morgan fingerprint density at radius 1 is 1.57 bits per heavy atom. The van der Waals surface area contributed by atoms with Gasteiger partial charge in [0.25, 0.3) is 0 Å². The Hall–Kier alpha value is -1.10. The minimum atomic E-state index is 0.220. The van der Waals surface area contributed by atoms with Crippen LogP contribution in [-0.4, -0.2) is 28.9 Å². The van der Waals surface area contributed by atoms with Crippen molar-refractivity contribution in [1.29, 1.82) is 0 Å². The van der Waals surface area contributed by atoms with Gasteiger partial charge in [0.2, 0.25) is 0 Å². The van der Waals surface area contributed by atoms with E-state index in [2.05, 4.69) is 22.4 Å². The van der Waals surface area contributed by atoms with E-state index in [0.717, 1.165) is 19.4 Å². The monoisotopic (exact) mass is 197 g/mol. The van der Waals surface area contributed by atoms with Gasteiger partial charge in [-0.25, -0.2) is 0 Å². The number of anilines is 1. The van der Waals surface area contributed by atoms with E-state index >= 15 is 0 Å². The second kappa shape index (κ2) is 3.96. The van der Waals surface area contributed by atoms with Crippen molar-refractivity contribution in [2.75, 3.05) is 11.9 Å². The lowest BCUT2D eigenvalue weighted by atomic mass is 10.1. The predicted molar refractivity (Wildman–Crippen MR) is 51.1 cm³/mol. The third-order valence-corrected chi connectivity index (χ3v) is 2.40. The molecule has 1 N–H and O–H groups in total. The molecule has 5 nitrogen and oxygen atoms in total. The van der Waals surface area contributed by atoms with Crippen LogP contribution in [0.25, 0.3) is 0 Å². The third kappa shape index (κ3) is 2.04. The van der Waals surface area contributed by atoms with Gasteiger partial charge < -0.3 is 14.6 Å². The molecule has 2 rings (SSSR count). The average Bonchev–Trinajstić information content (AvgIpc) is 2.75. The Kier molecular flexibility index (Phi) is 2.67. The second-order valence-corrected chi connectivity index (χ2v) is 3.63. The van der Waals surface area contributed by atoms with E-state index in [1.54, 1.807) is 6.92 Å². The molecular weight excluding hydrogens is 182 g/mol. The summed E-state index contributed by atoms with van der Waals surface area (Å²) in [6.45, 7) is 4.72. The molecule has 0 saturated carbocycles. The van der Waals surface area contributed by atoms with Crippen LogP contribution in [0.4, 0.5) is 6.01 Å². The fourth-order valence-electron chi connectivity index (χ4n) is 1.64. The molecule has 0 radical (unpaired) electrons. The van der Waals surface area contributed by atoms with E-state index in [-0.39, 0.29) is 12.1 Å². The molecule has 0 amide bonds. The Morgan fingerprint density at radius 2 is 2.43 bits per heavy atom. The molecule has 1 aromatic rings. The largest absolute Gasteiger partial charge is 0.376 e. The van der Waals surface area contributed by atoms with Gasteiger partial charge in [-0.3, -0.25) is 0 Å². The quantitative estimate of drug-likeness (QED) is 0.792. The zero-order valence-corrected chi connectivity index (χ0v) is 8.49. The van der Waals surface area contributed by atoms with Crippen molar-refractivity contribution in [3.8, 4) is 0 Å². The zero-order chi connectivity index (χ0) is 9.97. The van der Waals surface area contributed by atoms with E-state index in [1.165, 1.54) is 0 Å². The molecule has 0 aliphatic carbocycles. The van der Waals surface area contributed by atoms with Crippen molar-refractivity contribution < 1.29 is 9.26 Å². The summed E-state index contributed by atoms with van der Waals surface area (Å²) in [5.41, 5.74) is 0. The van der Waals surface area contributed by atoms with Crippen LogP contribution in [0.3, 0.4) is 0 Å². The van der Waals surface area contributed by atoms with Gasteiger partial charge in [-0.15, -0.1) is 0 Å². The van der Waals surface area contributed by atoms with Crippen LogP contribution in [0.1, 0.15) is 25.6 Å². The van der Waals surface area contributed by atoms with Gasteiger partial charge in [0.1, 0.15) is 0 Å². The normalized spacial score (nSPS) is 23.7. The number of aromatic nitrogens is 2. The summed E-state index contributed by atoms with van der Waals surface area (Å²) in [6, 6.07) is 0.697. The van der Waals surface area contributed by atoms with Gasteiger partial charge in [0.05, 0.1) is 12.1 Å². The minimum Gasteiger partial charge on any atom is -0.376 e. The van der Waals surface area contributed by atoms with Crippen molar-refractivity contribution >= 4 is 6.01 Å². The van der Waals surface area contributed by atoms with Gasteiger partial charge in [-0.2, -0.15) is 4.98 Å². The molecule has 1 fully saturated rings. The van der Waals surface area contributed by atoms with Crippen LogP contribution >= 0.6 is 0 Å². The molecule has 5 heteroatoms. The van der Waals surface area contributed by atoms with E-state index in [0.29, 0.717) is 11.8 Å². The minimum absolute atomic E-state index is 0.220. The molecule has 1 aromatic heterocycles. The number of hydrogen-bond donors (Lipinski definition) is 1. The number of ether oxygens (including phenoxy) is 1. The van der Waals surface area contributed by atoms with Crippen LogP contribution < -0.4 is 5.32 Å². The van der Waals surface area contributed by atoms with Crippen LogP contribution in [-0.2, 0) is 4.74 Å². The highest BCUT2D eigenvalue weighted by atomic mass is 16.5. The first kappa shape index (κ1) is 9.45. The summed E-state index contributed by atoms with van der Waals surface area (Å²) in [5, 5.41) is 6.85. The van der Waals surface area contributed by atoms with Gasteiger partial charge in [0.15, 0.2) is 5.82 Å². The summed E-state index contributed by atoms with van der Waals surface area (Å²) in [5.74, 6) is 0.645. The standard InChI is InChI=1S/C9H15N3O2/c1-6(8-4-3-5-13-8)10-9-11-7(2)12-14-9/h6,8H,3-5H2,1-2H3,(H,10,11,12). The highest BCUT2D eigenvalue weighted by molar-refractivity contribution is 5.20. The van der Waals surface area contributed by atoms with Gasteiger partial charge in [-0.1, -0.05) is 5.16 Å². The molecule has 1 aliphatic rings. The predicted octanol–water partition coefficient (Wildman–Crippen LogP) is 1.36. The summed E-state index contributed by atoms with van der Waals surface area (Å²) in [7, 11) is 0. The summed E-state index contributed by atoms with van der Waals surface area (Å²) in [4.78, 5) is 4.08. The van der Waals surface area contributed by atoms with Crippen molar-refractivity contribution in [2.45, 2.75) is 38.8 Å². The van der Waals surface area contributed by atoms with Gasteiger partial charge in [-0.05, 0) is 26.7 Å². The maximum absolute atomic E-state index is 5.54. The topological polar surface area (TPSA) is 60.2 Å². The lowest BCUT2D eigenvalue weighted by Crippen LogP contribution is -2.30. The molecule has 14 heavy (non-hydrogen) atoms. The molecule has 0 bridgehead atoms. The third-order valence-electron chi connectivity index (χ3n) is 2.40. The van der Waals surface area contributed by atoms with E-state index < -0.39 is 0 Å². The van der Waals surface area contributed by atoms with Gasteiger partial charge >= 0.3 is 6.01 Å². The summed E-state index contributed by atoms with van der Waals surface area (Å²) < 4.78 is 10.5. The molecule has 1 aliphatic heterocycles. The highest BCUT2D eigenvalue weighted by Crippen LogP contribution is 2.18. The zero-order valence-electron chi connectivity index (χ0n) is 8.49. The second-order valence-electron chi connectivity index (χ2n) is 3.63. The average molecular weight is 197 g/mol. The Labute approximate surface area is 82.8 Å². The van der Waals surface area contributed by atoms with Crippen molar-refractivity contribution in [3.63, 3.8) is 0 Å². The number of nitrogens with zero attached hydrogens (tertiary/aromatic N) is 2. The molecule has 2 atom stereocenters. The van der Waals surface area contributed by atoms with E-state index in [9.17, 15) is 0 Å². The smallest absolute Gasteiger partial charge is 0.321 e. The number of nitrogens with one attached hydrogen (secondary N) is 1. The highest BCUT2D eigenvalue weighted by Gasteiger charge is 2.23. The summed E-state index contributed by atoms with van der Waals surface area (Å²) >= 11 is 0. The van der Waals surface area contributed by atoms with E-state index in [1.807, 2.05) is 0 Å². The van der Waals surface area contributed by atoms with Crippen molar-refractivity contribution in [1.82, 2.24) is 10.1 Å². The van der Waals surface area contributed by atoms with Crippen LogP contribution in [0, 0.1) is 6.92 Å². The van der Waals surface area contributed by atoms with Gasteiger partial charge in [0, 0.05) is 6.61 Å². The van der Waals surface area contributed by atoms with Crippen molar-refractivity contribution in [3.05, 3.63) is 5.82 Å².